The zero-order valence-corrected chi connectivity index (χ0v) is 13.2. The largest absolute Gasteiger partial charge is 0.368 e. The van der Waals surface area contributed by atoms with Gasteiger partial charge in [-0.15, -0.1) is 11.8 Å². The molecule has 2 aromatic rings. The van der Waals surface area contributed by atoms with Crippen molar-refractivity contribution in [2.24, 2.45) is 0 Å². The zero-order valence-electron chi connectivity index (χ0n) is 10.8. The maximum Gasteiger partial charge on any atom is 0.223 e. The molecule has 0 amide bonds. The average molecular weight is 339 g/mol. The molecule has 0 aliphatic rings. The average Bonchev–Trinajstić information content (AvgIpc) is 2.37. The first-order valence-corrected chi connectivity index (χ1v) is 7.71. The van der Waals surface area contributed by atoms with Gasteiger partial charge in [-0.3, -0.25) is 0 Å². The van der Waals surface area contributed by atoms with Crippen molar-refractivity contribution in [2.45, 2.75) is 30.4 Å². The molecule has 0 aliphatic carbocycles. The normalized spacial score (nSPS) is 10.9. The van der Waals surface area contributed by atoms with Crippen LogP contribution in [0.5, 0.6) is 0 Å². The summed E-state index contributed by atoms with van der Waals surface area (Å²) in [5.74, 6) is 2.68. The van der Waals surface area contributed by atoms with E-state index in [1.54, 1.807) is 11.8 Å². The monoisotopic (exact) mass is 338 g/mol. The van der Waals surface area contributed by atoms with E-state index < -0.39 is 0 Å². The minimum absolute atomic E-state index is 0.248. The van der Waals surface area contributed by atoms with Gasteiger partial charge >= 0.3 is 0 Å². The Morgan fingerprint density at radius 1 is 1.21 bits per heavy atom. The first-order valence-electron chi connectivity index (χ1n) is 5.94. The molecule has 1 aromatic heterocycles. The van der Waals surface area contributed by atoms with Crippen LogP contribution >= 0.6 is 27.7 Å². The molecule has 2 rings (SSSR count). The highest BCUT2D eigenvalue weighted by Gasteiger charge is 2.09. The molecular formula is C13H15BrN4S. The van der Waals surface area contributed by atoms with Crippen LogP contribution in [0.2, 0.25) is 0 Å². The van der Waals surface area contributed by atoms with Crippen LogP contribution in [0.1, 0.15) is 31.4 Å². The standard InChI is InChI=1S/C13H15BrN4S/c1-8(2)12-16-11(17-13(15)18-12)7-19-10-6-4-3-5-9(10)14/h3-6,8H,7H2,1-2H3,(H2,15,16,17,18). The van der Waals surface area contributed by atoms with Gasteiger partial charge in [0.2, 0.25) is 5.95 Å². The number of nitrogen functional groups attached to an aromatic ring is 1. The number of nitrogens with zero attached hydrogens (tertiary/aromatic N) is 3. The Bertz CT molecular complexity index is 574. The van der Waals surface area contributed by atoms with E-state index in [-0.39, 0.29) is 5.92 Å². The van der Waals surface area contributed by atoms with Gasteiger partial charge in [0, 0.05) is 15.3 Å². The van der Waals surface area contributed by atoms with E-state index >= 15 is 0 Å². The summed E-state index contributed by atoms with van der Waals surface area (Å²) in [5, 5.41) is 0. The number of nitrogens with two attached hydrogens (primary N) is 1. The Kier molecular flexibility index (Phi) is 4.76. The van der Waals surface area contributed by atoms with Crippen LogP contribution in [0.4, 0.5) is 5.95 Å². The molecule has 0 bridgehead atoms. The molecule has 1 heterocycles. The molecule has 2 N–H and O–H groups in total. The topological polar surface area (TPSA) is 64.7 Å². The number of hydrogen-bond acceptors (Lipinski definition) is 5. The maximum absolute atomic E-state index is 5.72. The van der Waals surface area contributed by atoms with Gasteiger partial charge < -0.3 is 5.73 Å². The van der Waals surface area contributed by atoms with Gasteiger partial charge in [-0.1, -0.05) is 26.0 Å². The smallest absolute Gasteiger partial charge is 0.223 e. The lowest BCUT2D eigenvalue weighted by Crippen LogP contribution is -2.07. The molecule has 4 nitrogen and oxygen atoms in total. The van der Waals surface area contributed by atoms with E-state index in [0.717, 1.165) is 21.0 Å². The Morgan fingerprint density at radius 3 is 2.63 bits per heavy atom. The van der Waals surface area contributed by atoms with Crippen molar-refractivity contribution in [2.75, 3.05) is 5.73 Å². The fourth-order valence-electron chi connectivity index (χ4n) is 1.48. The predicted octanol–water partition coefficient (Wildman–Crippen LogP) is 3.63. The van der Waals surface area contributed by atoms with Crippen LogP contribution in [0.3, 0.4) is 0 Å². The molecule has 0 unspecified atom stereocenters. The van der Waals surface area contributed by atoms with E-state index in [1.165, 1.54) is 0 Å². The Morgan fingerprint density at radius 2 is 1.95 bits per heavy atom. The van der Waals surface area contributed by atoms with E-state index in [9.17, 15) is 0 Å². The number of hydrogen-bond donors (Lipinski definition) is 1. The van der Waals surface area contributed by atoms with Gasteiger partial charge in [0.1, 0.15) is 11.6 Å². The third kappa shape index (κ3) is 3.91. The molecule has 1 aromatic carbocycles. The Balaban J connectivity index is 2.14. The summed E-state index contributed by atoms with van der Waals surface area (Å²) in [5.41, 5.74) is 5.72. The second kappa shape index (κ2) is 6.34. The summed E-state index contributed by atoms with van der Waals surface area (Å²) < 4.78 is 1.08. The number of benzene rings is 1. The van der Waals surface area contributed by atoms with Crippen LogP contribution in [0.25, 0.3) is 0 Å². The second-order valence-corrected chi connectivity index (χ2v) is 6.21. The van der Waals surface area contributed by atoms with Gasteiger partial charge in [-0.2, -0.15) is 9.97 Å². The lowest BCUT2D eigenvalue weighted by molar-refractivity contribution is 0.749. The van der Waals surface area contributed by atoms with Gasteiger partial charge in [0.25, 0.3) is 0 Å². The summed E-state index contributed by atoms with van der Waals surface area (Å²) >= 11 is 5.20. The molecule has 0 saturated heterocycles. The fourth-order valence-corrected chi connectivity index (χ4v) is 2.91. The number of halogens is 1. The zero-order chi connectivity index (χ0) is 13.8. The van der Waals surface area contributed by atoms with E-state index in [0.29, 0.717) is 11.7 Å². The van der Waals surface area contributed by atoms with E-state index in [1.807, 2.05) is 32.0 Å². The second-order valence-electron chi connectivity index (χ2n) is 4.34. The van der Waals surface area contributed by atoms with Gasteiger partial charge in [0.05, 0.1) is 5.75 Å². The summed E-state index contributed by atoms with van der Waals surface area (Å²) in [4.78, 5) is 13.9. The maximum atomic E-state index is 5.72. The fraction of sp³-hybridized carbons (Fsp3) is 0.308. The third-order valence-electron chi connectivity index (χ3n) is 2.43. The van der Waals surface area contributed by atoms with E-state index in [2.05, 4.69) is 36.9 Å². The number of thioether (sulfide) groups is 1. The molecule has 19 heavy (non-hydrogen) atoms. The Labute approximate surface area is 125 Å². The molecule has 0 radical (unpaired) electrons. The summed E-state index contributed by atoms with van der Waals surface area (Å²) in [6.07, 6.45) is 0. The minimum atomic E-state index is 0.248. The SMILES string of the molecule is CC(C)c1nc(N)nc(CSc2ccccc2Br)n1. The molecule has 0 saturated carbocycles. The highest BCUT2D eigenvalue weighted by Crippen LogP contribution is 2.29. The highest BCUT2D eigenvalue weighted by molar-refractivity contribution is 9.10. The van der Waals surface area contributed by atoms with Gasteiger partial charge in [0.15, 0.2) is 0 Å². The van der Waals surface area contributed by atoms with Crippen molar-refractivity contribution < 1.29 is 0 Å². The van der Waals surface area contributed by atoms with Crippen LogP contribution in [-0.2, 0) is 5.75 Å². The molecular weight excluding hydrogens is 324 g/mol. The Hall–Kier alpha value is -1.14. The van der Waals surface area contributed by atoms with E-state index in [4.69, 9.17) is 5.73 Å². The van der Waals surface area contributed by atoms with Crippen LogP contribution < -0.4 is 5.73 Å². The molecule has 0 aliphatic heterocycles. The first-order chi connectivity index (χ1) is 9.06. The molecule has 6 heteroatoms. The van der Waals surface area contributed by atoms with Crippen molar-refractivity contribution in [1.29, 1.82) is 0 Å². The summed E-state index contributed by atoms with van der Waals surface area (Å²) in [7, 11) is 0. The highest BCUT2D eigenvalue weighted by atomic mass is 79.9. The summed E-state index contributed by atoms with van der Waals surface area (Å²) in [6.45, 7) is 4.08. The number of anilines is 1. The minimum Gasteiger partial charge on any atom is -0.368 e. The van der Waals surface area contributed by atoms with Crippen molar-refractivity contribution in [3.8, 4) is 0 Å². The van der Waals surface area contributed by atoms with Gasteiger partial charge in [-0.25, -0.2) is 4.98 Å². The van der Waals surface area contributed by atoms with Crippen LogP contribution in [-0.4, -0.2) is 15.0 Å². The number of rotatable bonds is 4. The van der Waals surface area contributed by atoms with Crippen molar-refractivity contribution in [3.05, 3.63) is 40.4 Å². The number of aromatic nitrogens is 3. The summed E-state index contributed by atoms with van der Waals surface area (Å²) in [6, 6.07) is 8.08. The van der Waals surface area contributed by atoms with Crippen LogP contribution in [0.15, 0.2) is 33.6 Å². The van der Waals surface area contributed by atoms with Crippen LogP contribution in [0, 0.1) is 0 Å². The molecule has 100 valence electrons. The molecule has 0 atom stereocenters. The lowest BCUT2D eigenvalue weighted by Gasteiger charge is -2.07. The first kappa shape index (κ1) is 14.3. The quantitative estimate of drug-likeness (QED) is 0.862. The lowest BCUT2D eigenvalue weighted by atomic mass is 10.2. The van der Waals surface area contributed by atoms with Crippen molar-refractivity contribution in [1.82, 2.24) is 15.0 Å². The van der Waals surface area contributed by atoms with Crippen molar-refractivity contribution in [3.63, 3.8) is 0 Å². The third-order valence-corrected chi connectivity index (χ3v) is 4.45. The predicted molar refractivity (Wildman–Crippen MR) is 82.0 cm³/mol. The van der Waals surface area contributed by atoms with Crippen molar-refractivity contribution >= 4 is 33.6 Å². The molecule has 0 fully saturated rings. The molecule has 0 spiro atoms. The van der Waals surface area contributed by atoms with Gasteiger partial charge in [-0.05, 0) is 28.1 Å².